The third kappa shape index (κ3) is 8.24. The first-order valence-electron chi connectivity index (χ1n) is 10.1. The topological polar surface area (TPSA) is 46.6 Å². The molecule has 0 rings (SSSR count). The van der Waals surface area contributed by atoms with E-state index in [0.29, 0.717) is 12.8 Å². The molecular weight excluding hydrogens is 467 g/mol. The third-order valence-electron chi connectivity index (χ3n) is 4.64. The lowest BCUT2D eigenvalue weighted by Gasteiger charge is -2.38. The summed E-state index contributed by atoms with van der Waals surface area (Å²) in [6.45, 7) is 6.91. The van der Waals surface area contributed by atoms with Crippen LogP contribution < -0.4 is 0 Å². The van der Waals surface area contributed by atoms with Gasteiger partial charge in [-0.25, -0.2) is 0 Å². The second kappa shape index (κ2) is 12.2. The molecule has 1 atom stereocenters. The Morgan fingerprint density at radius 2 is 1.47 bits per heavy atom. The highest BCUT2D eigenvalue weighted by Gasteiger charge is 2.63. The maximum Gasteiger partial charge on any atom is 0.427 e. The zero-order valence-electron chi connectivity index (χ0n) is 18.3. The van der Waals surface area contributed by atoms with Gasteiger partial charge in [0.25, 0.3) is 5.91 Å². The van der Waals surface area contributed by atoms with Crippen LogP contribution in [0, 0.1) is 0 Å². The van der Waals surface area contributed by atoms with Crippen LogP contribution in [0.4, 0.5) is 30.7 Å². The molecule has 1 amide bonds. The lowest BCUT2D eigenvalue weighted by molar-refractivity contribution is -0.272. The molecular formula is C20H30F7NO3S. The Bertz CT molecular complexity index is 644. The predicted octanol–water partition coefficient (Wildman–Crippen LogP) is 5.82. The van der Waals surface area contributed by atoms with Crippen molar-refractivity contribution in [3.63, 3.8) is 0 Å². The number of rotatable bonds is 15. The van der Waals surface area contributed by atoms with Crippen LogP contribution in [0.15, 0.2) is 12.2 Å². The minimum absolute atomic E-state index is 0.0155. The molecule has 0 aromatic carbocycles. The molecule has 1 unspecified atom stereocenters. The van der Waals surface area contributed by atoms with E-state index in [0.717, 1.165) is 4.90 Å². The number of hydrogen-bond donors (Lipinski definition) is 1. The highest BCUT2D eigenvalue weighted by Crippen LogP contribution is 2.42. The summed E-state index contributed by atoms with van der Waals surface area (Å²) < 4.78 is 99.5. The molecule has 0 fully saturated rings. The summed E-state index contributed by atoms with van der Waals surface area (Å²) in [5.41, 5.74) is -3.76. The van der Waals surface area contributed by atoms with Crippen LogP contribution in [-0.4, -0.2) is 59.2 Å². The molecule has 32 heavy (non-hydrogen) atoms. The SMILES string of the molecule is C=C(C)C(=O)CC(OCCCCC(F)(F)C(F)(F)S)(C(=O)N(CCC)CCC)C(F)(F)F. The fourth-order valence-electron chi connectivity index (χ4n) is 2.82. The van der Waals surface area contributed by atoms with E-state index in [1.54, 1.807) is 13.8 Å². The van der Waals surface area contributed by atoms with E-state index < -0.39 is 66.9 Å². The lowest BCUT2D eigenvalue weighted by Crippen LogP contribution is -2.61. The number of ether oxygens (including phenoxy) is 1. The molecule has 0 saturated heterocycles. The van der Waals surface area contributed by atoms with E-state index in [2.05, 4.69) is 19.2 Å². The number of hydrogen-bond acceptors (Lipinski definition) is 4. The van der Waals surface area contributed by atoms with E-state index in [1.807, 2.05) is 0 Å². The van der Waals surface area contributed by atoms with Gasteiger partial charge < -0.3 is 9.64 Å². The Hall–Kier alpha value is -1.30. The number of Topliss-reactive ketones (excluding diaryl/α,β-unsaturated/α-hetero) is 1. The standard InChI is InChI=1S/C20H30F7NO3S/c1-5-10-28(11-6-2)16(30)17(19(23,24)25,13-15(29)14(3)4)31-12-8-7-9-18(21,22)20(26,27)32/h32H,3,5-13H2,1-2,4H3. The molecule has 0 bridgehead atoms. The summed E-state index contributed by atoms with van der Waals surface area (Å²) in [7, 11) is 0. The Kier molecular flexibility index (Phi) is 11.7. The first kappa shape index (κ1) is 30.7. The molecule has 0 aromatic heterocycles. The van der Waals surface area contributed by atoms with E-state index in [4.69, 9.17) is 4.74 Å². The van der Waals surface area contributed by atoms with Crippen molar-refractivity contribution >= 4 is 24.3 Å². The van der Waals surface area contributed by atoms with Crippen LogP contribution >= 0.6 is 12.6 Å². The number of thiol groups is 1. The fraction of sp³-hybridized carbons (Fsp3) is 0.800. The Labute approximate surface area is 188 Å². The Morgan fingerprint density at radius 1 is 0.969 bits per heavy atom. The van der Waals surface area contributed by atoms with Crippen molar-refractivity contribution in [3.8, 4) is 0 Å². The van der Waals surface area contributed by atoms with Gasteiger partial charge in [0.2, 0.25) is 5.60 Å². The van der Waals surface area contributed by atoms with Crippen LogP contribution in [0.3, 0.4) is 0 Å². The van der Waals surface area contributed by atoms with Gasteiger partial charge in [-0.15, -0.1) is 0 Å². The van der Waals surface area contributed by atoms with Gasteiger partial charge in [0.05, 0.1) is 6.42 Å². The van der Waals surface area contributed by atoms with E-state index in [1.165, 1.54) is 6.92 Å². The molecule has 0 saturated carbocycles. The van der Waals surface area contributed by atoms with Crippen molar-refractivity contribution in [3.05, 3.63) is 12.2 Å². The summed E-state index contributed by atoms with van der Waals surface area (Å²) in [6, 6.07) is 0. The number of alkyl halides is 7. The second-order valence-corrected chi connectivity index (χ2v) is 8.11. The number of allylic oxidation sites excluding steroid dienone is 1. The summed E-state index contributed by atoms with van der Waals surface area (Å²) >= 11 is 2.53. The molecule has 0 radical (unpaired) electrons. The van der Waals surface area contributed by atoms with Crippen LogP contribution in [0.5, 0.6) is 0 Å². The number of nitrogens with zero attached hydrogens (tertiary/aromatic N) is 1. The molecule has 0 spiro atoms. The predicted molar refractivity (Wildman–Crippen MR) is 109 cm³/mol. The maximum absolute atomic E-state index is 14.2. The fourth-order valence-corrected chi connectivity index (χ4v) is 2.94. The quantitative estimate of drug-likeness (QED) is 0.134. The molecule has 0 N–H and O–H groups in total. The monoisotopic (exact) mass is 497 g/mol. The van der Waals surface area contributed by atoms with Gasteiger partial charge in [0, 0.05) is 26.1 Å². The van der Waals surface area contributed by atoms with Crippen LogP contribution in [-0.2, 0) is 14.3 Å². The molecule has 0 aliphatic heterocycles. The van der Waals surface area contributed by atoms with Crippen molar-refractivity contribution < 1.29 is 45.1 Å². The first-order chi connectivity index (χ1) is 14.5. The van der Waals surface area contributed by atoms with Gasteiger partial charge in [-0.05, 0) is 38.2 Å². The van der Waals surface area contributed by atoms with Gasteiger partial charge in [-0.2, -0.15) is 30.7 Å². The number of carbonyl (C=O) groups excluding carboxylic acids is 2. The van der Waals surface area contributed by atoms with Gasteiger partial charge in [-0.3, -0.25) is 9.59 Å². The summed E-state index contributed by atoms with van der Waals surface area (Å²) in [4.78, 5) is 26.1. The lowest BCUT2D eigenvalue weighted by atomic mass is 9.91. The van der Waals surface area contributed by atoms with Crippen molar-refractivity contribution in [2.45, 2.75) is 82.3 Å². The number of ketones is 1. The maximum atomic E-state index is 14.2. The minimum atomic E-state index is -5.31. The van der Waals surface area contributed by atoms with Crippen molar-refractivity contribution in [1.29, 1.82) is 0 Å². The average Bonchev–Trinajstić information content (AvgIpc) is 2.63. The summed E-state index contributed by atoms with van der Waals surface area (Å²) in [5.74, 6) is -6.98. The molecule has 0 aliphatic rings. The van der Waals surface area contributed by atoms with Crippen LogP contribution in [0.1, 0.15) is 59.3 Å². The minimum Gasteiger partial charge on any atom is -0.357 e. The van der Waals surface area contributed by atoms with Gasteiger partial charge >= 0.3 is 17.4 Å². The van der Waals surface area contributed by atoms with Crippen molar-refractivity contribution in [2.24, 2.45) is 0 Å². The summed E-state index contributed by atoms with van der Waals surface area (Å²) in [5, 5.41) is -4.59. The summed E-state index contributed by atoms with van der Waals surface area (Å²) in [6.07, 6.45) is -8.41. The van der Waals surface area contributed by atoms with Gasteiger partial charge in [0.1, 0.15) is 0 Å². The van der Waals surface area contributed by atoms with Gasteiger partial charge in [-0.1, -0.05) is 33.1 Å². The second-order valence-electron chi connectivity index (χ2n) is 7.55. The zero-order chi connectivity index (χ0) is 25.4. The highest BCUT2D eigenvalue weighted by molar-refractivity contribution is 7.81. The van der Waals surface area contributed by atoms with Crippen molar-refractivity contribution in [2.75, 3.05) is 19.7 Å². The van der Waals surface area contributed by atoms with Crippen LogP contribution in [0.2, 0.25) is 0 Å². The molecule has 0 heterocycles. The number of amides is 1. The molecule has 0 aromatic rings. The first-order valence-corrected chi connectivity index (χ1v) is 10.6. The van der Waals surface area contributed by atoms with E-state index in [-0.39, 0.29) is 18.7 Å². The zero-order valence-corrected chi connectivity index (χ0v) is 19.2. The number of unbranched alkanes of at least 4 members (excludes halogenated alkanes) is 1. The Morgan fingerprint density at radius 3 is 1.84 bits per heavy atom. The largest absolute Gasteiger partial charge is 0.427 e. The highest BCUT2D eigenvalue weighted by atomic mass is 32.1. The molecule has 188 valence electrons. The number of halogens is 7. The van der Waals surface area contributed by atoms with Crippen LogP contribution in [0.25, 0.3) is 0 Å². The molecule has 0 aliphatic carbocycles. The van der Waals surface area contributed by atoms with E-state index in [9.17, 15) is 40.3 Å². The molecule has 4 nitrogen and oxygen atoms in total. The Balaban J connectivity index is 5.77. The van der Waals surface area contributed by atoms with Crippen molar-refractivity contribution in [1.82, 2.24) is 4.90 Å². The normalized spacial score (nSPS) is 14.7. The average molecular weight is 498 g/mol. The molecule has 12 heteroatoms. The van der Waals surface area contributed by atoms with E-state index >= 15 is 0 Å². The van der Waals surface area contributed by atoms with Gasteiger partial charge in [0.15, 0.2) is 5.78 Å². The third-order valence-corrected chi connectivity index (χ3v) is 4.96. The number of carbonyl (C=O) groups is 2. The smallest absolute Gasteiger partial charge is 0.357 e.